The third kappa shape index (κ3) is 3.73. The van der Waals surface area contributed by atoms with Gasteiger partial charge in [-0.2, -0.15) is 0 Å². The number of aldehydes is 1. The molecule has 0 unspecified atom stereocenters. The van der Waals surface area contributed by atoms with E-state index in [0.717, 1.165) is 12.1 Å². The third-order valence-electron chi connectivity index (χ3n) is 2.21. The second-order valence-corrected chi connectivity index (χ2v) is 3.54. The van der Waals surface area contributed by atoms with Crippen LogP contribution in [-0.2, 0) is 4.79 Å². The van der Waals surface area contributed by atoms with Gasteiger partial charge < -0.3 is 9.84 Å². The van der Waals surface area contributed by atoms with Crippen LogP contribution >= 0.6 is 0 Å². The van der Waals surface area contributed by atoms with Crippen molar-refractivity contribution in [2.24, 2.45) is 0 Å². The van der Waals surface area contributed by atoms with E-state index in [9.17, 15) is 24.1 Å². The van der Waals surface area contributed by atoms with Crippen LogP contribution in [0.1, 0.15) is 23.2 Å². The molecule has 0 saturated heterocycles. The average Bonchev–Trinajstić information content (AvgIpc) is 2.35. The number of aliphatic carboxylic acids is 1. The Labute approximate surface area is 106 Å². The maximum atomic E-state index is 13.5. The minimum atomic E-state index is -1.06. The van der Waals surface area contributed by atoms with Crippen LogP contribution in [0.25, 0.3) is 0 Å². The van der Waals surface area contributed by atoms with Gasteiger partial charge in [0.15, 0.2) is 12.1 Å². The monoisotopic (exact) mass is 271 g/mol. The summed E-state index contributed by atoms with van der Waals surface area (Å²) in [5, 5.41) is 19.2. The molecule has 0 saturated carbocycles. The SMILES string of the molecule is O=Cc1ccc(F)c(OCCCC(=O)O)c1[N+](=O)[O-]. The van der Waals surface area contributed by atoms with Crippen molar-refractivity contribution in [2.45, 2.75) is 12.8 Å². The molecule has 0 amide bonds. The molecule has 0 aromatic heterocycles. The number of ether oxygens (including phenoxy) is 1. The normalized spacial score (nSPS) is 9.95. The molecular formula is C11H10FNO6. The summed E-state index contributed by atoms with van der Waals surface area (Å²) < 4.78 is 18.3. The summed E-state index contributed by atoms with van der Waals surface area (Å²) in [6.07, 6.45) is 0.0850. The molecule has 0 aliphatic rings. The van der Waals surface area contributed by atoms with Gasteiger partial charge >= 0.3 is 11.7 Å². The maximum absolute atomic E-state index is 13.5. The first kappa shape index (κ1) is 14.6. The summed E-state index contributed by atoms with van der Waals surface area (Å²) >= 11 is 0. The van der Waals surface area contributed by atoms with Crippen molar-refractivity contribution in [3.05, 3.63) is 33.6 Å². The Hall–Kier alpha value is -2.51. The van der Waals surface area contributed by atoms with E-state index in [1.165, 1.54) is 0 Å². The van der Waals surface area contributed by atoms with Crippen LogP contribution in [-0.4, -0.2) is 28.9 Å². The molecule has 0 aliphatic heterocycles. The van der Waals surface area contributed by atoms with Crippen LogP contribution in [0.4, 0.5) is 10.1 Å². The summed E-state index contributed by atoms with van der Waals surface area (Å²) in [5.74, 6) is -2.69. The lowest BCUT2D eigenvalue weighted by Gasteiger charge is -2.08. The predicted octanol–water partition coefficient (Wildman–Crippen LogP) is 1.79. The summed E-state index contributed by atoms with van der Waals surface area (Å²) in [7, 11) is 0. The molecule has 19 heavy (non-hydrogen) atoms. The first-order valence-electron chi connectivity index (χ1n) is 5.24. The zero-order valence-electron chi connectivity index (χ0n) is 9.67. The number of carboxylic acid groups (broad SMARTS) is 1. The van der Waals surface area contributed by atoms with Gasteiger partial charge in [-0.3, -0.25) is 19.7 Å². The highest BCUT2D eigenvalue weighted by molar-refractivity contribution is 5.83. The molecule has 0 bridgehead atoms. The topological polar surface area (TPSA) is 107 Å². The van der Waals surface area contributed by atoms with Crippen LogP contribution in [0.2, 0.25) is 0 Å². The molecule has 7 nitrogen and oxygen atoms in total. The van der Waals surface area contributed by atoms with Crippen LogP contribution in [0.3, 0.4) is 0 Å². The van der Waals surface area contributed by atoms with Gasteiger partial charge in [-0.1, -0.05) is 0 Å². The zero-order chi connectivity index (χ0) is 14.4. The zero-order valence-corrected chi connectivity index (χ0v) is 9.67. The number of nitrogens with zero attached hydrogens (tertiary/aromatic N) is 1. The molecule has 0 spiro atoms. The number of carbonyl (C=O) groups is 2. The van der Waals surface area contributed by atoms with Gasteiger partial charge in [-0.25, -0.2) is 4.39 Å². The fourth-order valence-electron chi connectivity index (χ4n) is 1.38. The van der Waals surface area contributed by atoms with Gasteiger partial charge in [0.2, 0.25) is 5.75 Å². The molecule has 0 atom stereocenters. The van der Waals surface area contributed by atoms with Gasteiger partial charge in [0.05, 0.1) is 17.1 Å². The molecule has 0 radical (unpaired) electrons. The number of nitro benzene ring substituents is 1. The third-order valence-corrected chi connectivity index (χ3v) is 2.21. The lowest BCUT2D eigenvalue weighted by Crippen LogP contribution is -2.06. The van der Waals surface area contributed by atoms with Crippen LogP contribution in [0.5, 0.6) is 5.75 Å². The van der Waals surface area contributed by atoms with E-state index in [2.05, 4.69) is 0 Å². The fourth-order valence-corrected chi connectivity index (χ4v) is 1.38. The van der Waals surface area contributed by atoms with Gasteiger partial charge in [0.25, 0.3) is 0 Å². The molecule has 1 aromatic rings. The highest BCUT2D eigenvalue weighted by Gasteiger charge is 2.24. The van der Waals surface area contributed by atoms with E-state index in [4.69, 9.17) is 9.84 Å². The molecule has 1 rings (SSSR count). The minimum absolute atomic E-state index is 0.0667. The second kappa shape index (κ2) is 6.43. The fraction of sp³-hybridized carbons (Fsp3) is 0.273. The number of rotatable bonds is 7. The highest BCUT2D eigenvalue weighted by atomic mass is 19.1. The van der Waals surface area contributed by atoms with Crippen molar-refractivity contribution in [2.75, 3.05) is 6.61 Å². The molecule has 0 aliphatic carbocycles. The Bertz CT molecular complexity index is 516. The Kier molecular flexibility index (Phi) is 4.92. The number of nitro groups is 1. The second-order valence-electron chi connectivity index (χ2n) is 3.54. The number of hydrogen-bond acceptors (Lipinski definition) is 5. The summed E-state index contributed by atoms with van der Waals surface area (Å²) in [6, 6.07) is 1.85. The number of hydrogen-bond donors (Lipinski definition) is 1. The molecule has 8 heteroatoms. The Balaban J connectivity index is 2.94. The summed E-state index contributed by atoms with van der Waals surface area (Å²) in [6.45, 7) is -0.202. The van der Waals surface area contributed by atoms with E-state index in [-0.39, 0.29) is 31.3 Å². The molecule has 1 aromatic carbocycles. The Morgan fingerprint density at radius 3 is 2.74 bits per heavy atom. The standard InChI is InChI=1S/C11H10FNO6/c12-8-4-3-7(6-14)10(13(17)18)11(8)19-5-1-2-9(15)16/h3-4,6H,1-2,5H2,(H,15,16). The van der Waals surface area contributed by atoms with Gasteiger partial charge in [0, 0.05) is 6.42 Å². The lowest BCUT2D eigenvalue weighted by atomic mass is 10.1. The highest BCUT2D eigenvalue weighted by Crippen LogP contribution is 2.33. The first-order chi connectivity index (χ1) is 8.97. The van der Waals surface area contributed by atoms with Crippen molar-refractivity contribution in [1.82, 2.24) is 0 Å². The van der Waals surface area contributed by atoms with Crippen molar-refractivity contribution in [3.8, 4) is 5.75 Å². The van der Waals surface area contributed by atoms with Crippen LogP contribution < -0.4 is 4.74 Å². The smallest absolute Gasteiger partial charge is 0.324 e. The lowest BCUT2D eigenvalue weighted by molar-refractivity contribution is -0.386. The molecular weight excluding hydrogens is 261 g/mol. The Morgan fingerprint density at radius 2 is 2.21 bits per heavy atom. The van der Waals surface area contributed by atoms with Crippen molar-refractivity contribution >= 4 is 17.9 Å². The maximum Gasteiger partial charge on any atom is 0.324 e. The van der Waals surface area contributed by atoms with Gasteiger partial charge in [-0.05, 0) is 18.6 Å². The van der Waals surface area contributed by atoms with Crippen LogP contribution in [0.15, 0.2) is 12.1 Å². The van der Waals surface area contributed by atoms with E-state index in [0.29, 0.717) is 0 Å². The van der Waals surface area contributed by atoms with Gasteiger partial charge in [0.1, 0.15) is 0 Å². The number of benzene rings is 1. The van der Waals surface area contributed by atoms with Crippen LogP contribution in [0, 0.1) is 15.9 Å². The largest absolute Gasteiger partial charge is 0.485 e. The number of carbonyl (C=O) groups excluding carboxylic acids is 1. The van der Waals surface area contributed by atoms with E-state index in [1.54, 1.807) is 0 Å². The predicted molar refractivity (Wildman–Crippen MR) is 60.8 cm³/mol. The molecule has 102 valence electrons. The van der Waals surface area contributed by atoms with Gasteiger partial charge in [-0.15, -0.1) is 0 Å². The van der Waals surface area contributed by atoms with Crippen molar-refractivity contribution in [1.29, 1.82) is 0 Å². The molecule has 0 fully saturated rings. The average molecular weight is 271 g/mol. The quantitative estimate of drug-likeness (QED) is 0.350. The number of halogens is 1. The van der Waals surface area contributed by atoms with Crippen molar-refractivity contribution < 1.29 is 28.7 Å². The van der Waals surface area contributed by atoms with E-state index in [1.807, 2.05) is 0 Å². The summed E-state index contributed by atoms with van der Waals surface area (Å²) in [4.78, 5) is 30.8. The van der Waals surface area contributed by atoms with Crippen molar-refractivity contribution in [3.63, 3.8) is 0 Å². The molecule has 1 N–H and O–H groups in total. The van der Waals surface area contributed by atoms with E-state index >= 15 is 0 Å². The molecule has 0 heterocycles. The Morgan fingerprint density at radius 1 is 1.53 bits per heavy atom. The number of carboxylic acids is 1. The first-order valence-corrected chi connectivity index (χ1v) is 5.24. The summed E-state index contributed by atoms with van der Waals surface area (Å²) in [5.41, 5.74) is -1.06. The minimum Gasteiger partial charge on any atom is -0.485 e. The van der Waals surface area contributed by atoms with E-state index < -0.39 is 28.1 Å².